The summed E-state index contributed by atoms with van der Waals surface area (Å²) in [6.45, 7) is 3.70. The number of alkyl halides is 3. The number of carbonyl (C=O) groups is 1. The van der Waals surface area contributed by atoms with Crippen molar-refractivity contribution in [1.29, 1.82) is 5.26 Å². The maximum absolute atomic E-state index is 13.2. The Morgan fingerprint density at radius 2 is 1.94 bits per heavy atom. The van der Waals surface area contributed by atoms with Crippen LogP contribution in [-0.2, 0) is 6.18 Å². The highest BCUT2D eigenvalue weighted by atomic mass is 32.2. The monoisotopic (exact) mass is 475 g/mol. The Hall–Kier alpha value is -3.65. The summed E-state index contributed by atoms with van der Waals surface area (Å²) < 4.78 is 52.2. The number of aromatic amines is 1. The Bertz CT molecular complexity index is 1370. The molecule has 0 saturated carbocycles. The number of H-pyrrole nitrogens is 1. The van der Waals surface area contributed by atoms with Gasteiger partial charge < -0.3 is 19.0 Å². The fourth-order valence-corrected chi connectivity index (χ4v) is 4.56. The van der Waals surface area contributed by atoms with Crippen molar-refractivity contribution in [3.05, 3.63) is 68.8 Å². The zero-order valence-corrected chi connectivity index (χ0v) is 18.2. The van der Waals surface area contributed by atoms with Gasteiger partial charge in [-0.3, -0.25) is 9.59 Å². The first-order valence-electron chi connectivity index (χ1n) is 9.59. The molecule has 0 bridgehead atoms. The molecule has 0 radical (unpaired) electrons. The predicted molar refractivity (Wildman–Crippen MR) is 113 cm³/mol. The van der Waals surface area contributed by atoms with Gasteiger partial charge in [-0.2, -0.15) is 18.4 Å². The second kappa shape index (κ2) is 8.37. The van der Waals surface area contributed by atoms with E-state index in [0.29, 0.717) is 40.6 Å². The molecule has 11 heteroatoms. The van der Waals surface area contributed by atoms with E-state index in [1.54, 1.807) is 25.1 Å². The molecule has 3 heterocycles. The van der Waals surface area contributed by atoms with Crippen molar-refractivity contribution in [3.8, 4) is 23.3 Å². The molecule has 33 heavy (non-hydrogen) atoms. The number of rotatable bonds is 5. The molecule has 2 aromatic heterocycles. The third-order valence-electron chi connectivity index (χ3n) is 5.12. The summed E-state index contributed by atoms with van der Waals surface area (Å²) in [4.78, 5) is 26.8. The van der Waals surface area contributed by atoms with Gasteiger partial charge in [0.15, 0.2) is 17.3 Å². The van der Waals surface area contributed by atoms with E-state index in [4.69, 9.17) is 9.47 Å². The molecular weight excluding hydrogens is 459 g/mol. The van der Waals surface area contributed by atoms with Crippen molar-refractivity contribution in [2.24, 2.45) is 0 Å². The number of aromatic nitrogens is 2. The normalized spacial score (nSPS) is 12.6. The maximum Gasteiger partial charge on any atom is 0.417 e. The summed E-state index contributed by atoms with van der Waals surface area (Å²) in [6, 6.07) is 8.88. The van der Waals surface area contributed by atoms with Crippen molar-refractivity contribution >= 4 is 17.5 Å². The Morgan fingerprint density at radius 3 is 2.64 bits per heavy atom. The van der Waals surface area contributed by atoms with Gasteiger partial charge in [0.2, 0.25) is 12.4 Å². The molecule has 0 spiro atoms. The standard InChI is InChI=1S/C22H16F3N3O4S/c1-11-5-14(12(2)28(11)13-3-4-18-19(6-13)32-10-31-18)17(29)9-33-21-15(8-26)16(22(23,24)25)7-20(30)27-21/h3-7H,9-10H2,1-2H3,(H,27,30). The molecule has 1 aromatic carbocycles. The van der Waals surface area contributed by atoms with Crippen LogP contribution in [0.25, 0.3) is 5.69 Å². The lowest BCUT2D eigenvalue weighted by Gasteiger charge is -2.12. The minimum Gasteiger partial charge on any atom is -0.454 e. The Morgan fingerprint density at radius 1 is 1.21 bits per heavy atom. The molecule has 7 nitrogen and oxygen atoms in total. The maximum atomic E-state index is 13.2. The third kappa shape index (κ3) is 4.21. The van der Waals surface area contributed by atoms with Crippen LogP contribution < -0.4 is 15.0 Å². The van der Waals surface area contributed by atoms with Crippen molar-refractivity contribution in [1.82, 2.24) is 9.55 Å². The minimum absolute atomic E-state index is 0.131. The van der Waals surface area contributed by atoms with E-state index in [0.717, 1.165) is 11.4 Å². The summed E-state index contributed by atoms with van der Waals surface area (Å²) in [6.07, 6.45) is -4.87. The molecule has 4 rings (SSSR count). The van der Waals surface area contributed by atoms with Crippen LogP contribution in [0.2, 0.25) is 0 Å². The minimum atomic E-state index is -4.87. The fourth-order valence-electron chi connectivity index (χ4n) is 3.66. The zero-order valence-electron chi connectivity index (χ0n) is 17.4. The number of benzene rings is 1. The van der Waals surface area contributed by atoms with Crippen LogP contribution in [0, 0.1) is 25.2 Å². The van der Waals surface area contributed by atoms with Crippen LogP contribution in [0.5, 0.6) is 11.5 Å². The quantitative estimate of drug-likeness (QED) is 0.435. The van der Waals surface area contributed by atoms with Gasteiger partial charge in [0.25, 0.3) is 0 Å². The Balaban J connectivity index is 1.61. The number of nitrogens with zero attached hydrogens (tertiary/aromatic N) is 2. The van der Waals surface area contributed by atoms with Gasteiger partial charge in [-0.25, -0.2) is 0 Å². The van der Waals surface area contributed by atoms with Crippen LogP contribution in [-0.4, -0.2) is 27.9 Å². The molecule has 1 aliphatic rings. The van der Waals surface area contributed by atoms with E-state index in [-0.39, 0.29) is 23.4 Å². The molecule has 0 atom stereocenters. The molecule has 0 amide bonds. The molecular formula is C22H16F3N3O4S. The van der Waals surface area contributed by atoms with Gasteiger partial charge in [0.1, 0.15) is 6.07 Å². The number of ether oxygens (including phenoxy) is 2. The third-order valence-corrected chi connectivity index (χ3v) is 6.12. The summed E-state index contributed by atoms with van der Waals surface area (Å²) in [5.74, 6) is 0.581. The number of ketones is 1. The highest BCUT2D eigenvalue weighted by Crippen LogP contribution is 2.36. The topological polar surface area (TPSA) is 97.1 Å². The number of Topliss-reactive ketones (excluding diaryl/α,β-unsaturated/α-hetero) is 1. The highest BCUT2D eigenvalue weighted by Gasteiger charge is 2.35. The molecule has 0 aliphatic carbocycles. The van der Waals surface area contributed by atoms with Crippen molar-refractivity contribution in [2.75, 3.05) is 12.5 Å². The summed E-state index contributed by atoms with van der Waals surface area (Å²) in [5, 5.41) is 8.92. The second-order valence-electron chi connectivity index (χ2n) is 7.23. The largest absolute Gasteiger partial charge is 0.454 e. The van der Waals surface area contributed by atoms with Crippen LogP contribution >= 0.6 is 11.8 Å². The van der Waals surface area contributed by atoms with Gasteiger partial charge in [0.05, 0.1) is 21.9 Å². The van der Waals surface area contributed by atoms with Crippen molar-refractivity contribution < 1.29 is 27.4 Å². The first kappa shape index (κ1) is 22.5. The predicted octanol–water partition coefficient (Wildman–Crippen LogP) is 4.38. The van der Waals surface area contributed by atoms with E-state index in [9.17, 15) is 28.0 Å². The van der Waals surface area contributed by atoms with E-state index in [1.807, 2.05) is 17.6 Å². The molecule has 0 fully saturated rings. The number of pyridine rings is 1. The molecule has 0 unspecified atom stereocenters. The lowest BCUT2D eigenvalue weighted by molar-refractivity contribution is -0.138. The lowest BCUT2D eigenvalue weighted by Crippen LogP contribution is -2.17. The Labute approximate surface area is 189 Å². The number of carbonyl (C=O) groups excluding carboxylic acids is 1. The fraction of sp³-hybridized carbons (Fsp3) is 0.227. The van der Waals surface area contributed by atoms with Gasteiger partial charge in [-0.05, 0) is 32.0 Å². The average molecular weight is 475 g/mol. The number of aryl methyl sites for hydroxylation is 1. The van der Waals surface area contributed by atoms with Crippen LogP contribution in [0.4, 0.5) is 13.2 Å². The van der Waals surface area contributed by atoms with E-state index < -0.39 is 22.9 Å². The highest BCUT2D eigenvalue weighted by molar-refractivity contribution is 8.00. The zero-order chi connectivity index (χ0) is 23.9. The summed E-state index contributed by atoms with van der Waals surface area (Å²) in [5.41, 5.74) is -0.506. The average Bonchev–Trinajstić information content (AvgIpc) is 3.34. The number of thioether (sulfide) groups is 1. The SMILES string of the molecule is Cc1cc(C(=O)CSc2[nH]c(=O)cc(C(F)(F)F)c2C#N)c(C)n1-c1ccc2c(c1)OCO2. The first-order valence-corrected chi connectivity index (χ1v) is 10.6. The summed E-state index contributed by atoms with van der Waals surface area (Å²) in [7, 11) is 0. The van der Waals surface area contributed by atoms with E-state index in [2.05, 4.69) is 4.98 Å². The van der Waals surface area contributed by atoms with Gasteiger partial charge in [0, 0.05) is 34.8 Å². The number of nitrogens with one attached hydrogen (secondary N) is 1. The van der Waals surface area contributed by atoms with E-state index in [1.165, 1.54) is 6.07 Å². The number of hydrogen-bond donors (Lipinski definition) is 1. The number of hydrogen-bond acceptors (Lipinski definition) is 6. The van der Waals surface area contributed by atoms with Gasteiger partial charge in [-0.15, -0.1) is 0 Å². The lowest BCUT2D eigenvalue weighted by atomic mass is 10.1. The van der Waals surface area contributed by atoms with Gasteiger partial charge in [-0.1, -0.05) is 11.8 Å². The number of fused-ring (bicyclic) bond motifs is 1. The van der Waals surface area contributed by atoms with E-state index >= 15 is 0 Å². The molecule has 1 N–H and O–H groups in total. The van der Waals surface area contributed by atoms with Gasteiger partial charge >= 0.3 is 6.18 Å². The number of halogens is 3. The molecule has 3 aromatic rings. The summed E-state index contributed by atoms with van der Waals surface area (Å²) >= 11 is 0.682. The smallest absolute Gasteiger partial charge is 0.417 e. The van der Waals surface area contributed by atoms with Crippen LogP contribution in [0.1, 0.15) is 32.9 Å². The van der Waals surface area contributed by atoms with Crippen LogP contribution in [0.3, 0.4) is 0 Å². The Kier molecular flexibility index (Phi) is 5.71. The first-order chi connectivity index (χ1) is 15.6. The molecule has 0 saturated heterocycles. The van der Waals surface area contributed by atoms with Crippen LogP contribution in [0.15, 0.2) is 40.2 Å². The number of nitriles is 1. The van der Waals surface area contributed by atoms with Crippen molar-refractivity contribution in [3.63, 3.8) is 0 Å². The van der Waals surface area contributed by atoms with Crippen molar-refractivity contribution in [2.45, 2.75) is 25.0 Å². The molecule has 170 valence electrons. The second-order valence-corrected chi connectivity index (χ2v) is 8.22. The molecule has 1 aliphatic heterocycles.